The van der Waals surface area contributed by atoms with E-state index in [0.717, 1.165) is 31.8 Å². The van der Waals surface area contributed by atoms with Crippen molar-refractivity contribution in [2.24, 2.45) is 0 Å². The van der Waals surface area contributed by atoms with Crippen LogP contribution in [0.1, 0.15) is 35.9 Å². The van der Waals surface area contributed by atoms with Crippen molar-refractivity contribution in [3.63, 3.8) is 0 Å². The third kappa shape index (κ3) is 5.49. The van der Waals surface area contributed by atoms with E-state index >= 15 is 0 Å². The number of rotatable bonds is 8. The second-order valence-electron chi connectivity index (χ2n) is 8.41. The molecule has 1 aliphatic rings. The van der Waals surface area contributed by atoms with Gasteiger partial charge in [-0.25, -0.2) is 9.78 Å². The average molecular weight is 464 g/mol. The van der Waals surface area contributed by atoms with Crippen molar-refractivity contribution in [1.82, 2.24) is 14.5 Å². The van der Waals surface area contributed by atoms with Crippen molar-refractivity contribution >= 4 is 34.1 Å². The number of likely N-dealkylation sites (tertiary alicyclic amines) is 1. The molecule has 0 atom stereocenters. The number of nitrogens with zero attached hydrogens (tertiary/aromatic N) is 3. The van der Waals surface area contributed by atoms with Crippen molar-refractivity contribution < 1.29 is 14.3 Å². The number of methoxy groups -OCH3 is 1. The minimum atomic E-state index is -0.474. The number of urea groups is 1. The first kappa shape index (κ1) is 23.6. The lowest BCUT2D eigenvalue weighted by molar-refractivity contribution is 0.101. The van der Waals surface area contributed by atoms with Crippen molar-refractivity contribution in [3.8, 4) is 0 Å². The van der Waals surface area contributed by atoms with Gasteiger partial charge in [-0.2, -0.15) is 0 Å². The molecule has 1 aliphatic heterocycles. The minimum absolute atomic E-state index is 0.0834. The van der Waals surface area contributed by atoms with Crippen LogP contribution >= 0.6 is 0 Å². The van der Waals surface area contributed by atoms with Gasteiger partial charge >= 0.3 is 6.03 Å². The molecule has 2 amide bonds. The van der Waals surface area contributed by atoms with Gasteiger partial charge < -0.3 is 15.4 Å². The summed E-state index contributed by atoms with van der Waals surface area (Å²) in [5, 5.41) is 5.89. The molecule has 1 saturated heterocycles. The lowest BCUT2D eigenvalue weighted by Crippen LogP contribution is -2.31. The van der Waals surface area contributed by atoms with Crippen LogP contribution < -0.4 is 16.2 Å². The van der Waals surface area contributed by atoms with E-state index in [1.165, 1.54) is 6.92 Å². The summed E-state index contributed by atoms with van der Waals surface area (Å²) in [5.41, 5.74) is 1.91. The highest BCUT2D eigenvalue weighted by Gasteiger charge is 2.18. The molecule has 2 N–H and O–H groups in total. The number of ether oxygens (including phenoxy) is 1. The largest absolute Gasteiger partial charge is 0.383 e. The normalized spacial score (nSPS) is 13.8. The number of hydrogen-bond donors (Lipinski definition) is 2. The molecule has 0 unspecified atom stereocenters. The summed E-state index contributed by atoms with van der Waals surface area (Å²) in [7, 11) is 1.60. The van der Waals surface area contributed by atoms with E-state index in [-0.39, 0.29) is 11.3 Å². The Morgan fingerprint density at radius 1 is 1.06 bits per heavy atom. The summed E-state index contributed by atoms with van der Waals surface area (Å²) >= 11 is 0. The molecule has 0 saturated carbocycles. The van der Waals surface area contributed by atoms with Gasteiger partial charge in [-0.1, -0.05) is 12.1 Å². The van der Waals surface area contributed by atoms with Gasteiger partial charge in [0, 0.05) is 24.0 Å². The van der Waals surface area contributed by atoms with E-state index < -0.39 is 6.03 Å². The first-order valence-electron chi connectivity index (χ1n) is 11.4. The molecule has 9 nitrogen and oxygen atoms in total. The predicted molar refractivity (Wildman–Crippen MR) is 131 cm³/mol. The molecule has 34 heavy (non-hydrogen) atoms. The number of amides is 2. The maximum atomic E-state index is 13.3. The lowest BCUT2D eigenvalue weighted by Gasteiger charge is -2.19. The topological polar surface area (TPSA) is 106 Å². The van der Waals surface area contributed by atoms with Crippen molar-refractivity contribution in [3.05, 3.63) is 64.2 Å². The Morgan fingerprint density at radius 2 is 1.79 bits per heavy atom. The zero-order valence-corrected chi connectivity index (χ0v) is 19.5. The number of fused-ring (bicyclic) bond motifs is 1. The molecule has 178 valence electrons. The van der Waals surface area contributed by atoms with E-state index in [4.69, 9.17) is 9.72 Å². The quantitative estimate of drug-likeness (QED) is 0.496. The molecule has 9 heteroatoms. The van der Waals surface area contributed by atoms with Gasteiger partial charge in [-0.15, -0.1) is 0 Å². The van der Waals surface area contributed by atoms with Gasteiger partial charge in [-0.3, -0.25) is 19.1 Å². The van der Waals surface area contributed by atoms with Crippen LogP contribution in [0.5, 0.6) is 0 Å². The number of Topliss-reactive ketones (excluding diaryl/α,β-unsaturated/α-hetero) is 1. The van der Waals surface area contributed by atoms with Gasteiger partial charge in [0.25, 0.3) is 5.56 Å². The Hall–Kier alpha value is -3.56. The van der Waals surface area contributed by atoms with Crippen molar-refractivity contribution in [2.45, 2.75) is 32.9 Å². The second-order valence-corrected chi connectivity index (χ2v) is 8.41. The summed E-state index contributed by atoms with van der Waals surface area (Å²) < 4.78 is 6.87. The maximum absolute atomic E-state index is 13.3. The molecule has 1 aromatic heterocycles. The average Bonchev–Trinajstić information content (AvgIpc) is 3.32. The minimum Gasteiger partial charge on any atom is -0.383 e. The Bertz CT molecular complexity index is 1260. The smallest absolute Gasteiger partial charge is 0.323 e. The molecular formula is C25H29N5O4. The Labute approximate surface area is 197 Å². The molecular weight excluding hydrogens is 434 g/mol. The maximum Gasteiger partial charge on any atom is 0.323 e. The number of aromatic nitrogens is 2. The molecule has 4 rings (SSSR count). The number of ketones is 1. The van der Waals surface area contributed by atoms with Gasteiger partial charge in [0.2, 0.25) is 0 Å². The summed E-state index contributed by atoms with van der Waals surface area (Å²) in [6, 6.07) is 11.3. The zero-order chi connectivity index (χ0) is 24.1. The van der Waals surface area contributed by atoms with E-state index in [1.54, 1.807) is 54.1 Å². The van der Waals surface area contributed by atoms with Crippen LogP contribution in [0.4, 0.5) is 16.2 Å². The van der Waals surface area contributed by atoms with E-state index in [0.29, 0.717) is 47.5 Å². The van der Waals surface area contributed by atoms with Gasteiger partial charge in [0.15, 0.2) is 5.78 Å². The van der Waals surface area contributed by atoms with E-state index in [2.05, 4.69) is 15.5 Å². The van der Waals surface area contributed by atoms with Crippen LogP contribution in [-0.4, -0.2) is 53.1 Å². The number of hydrogen-bond acceptors (Lipinski definition) is 6. The highest BCUT2D eigenvalue weighted by molar-refractivity contribution is 6.02. The van der Waals surface area contributed by atoms with Gasteiger partial charge in [-0.05, 0) is 63.2 Å². The highest BCUT2D eigenvalue weighted by atomic mass is 16.5. The first-order chi connectivity index (χ1) is 16.4. The highest BCUT2D eigenvalue weighted by Crippen LogP contribution is 2.18. The van der Waals surface area contributed by atoms with Crippen molar-refractivity contribution in [2.75, 3.05) is 37.4 Å². The number of nitrogens with one attached hydrogen (secondary N) is 2. The fourth-order valence-corrected chi connectivity index (χ4v) is 4.13. The fraction of sp³-hybridized carbons (Fsp3) is 0.360. The molecule has 3 aromatic rings. The predicted octanol–water partition coefficient (Wildman–Crippen LogP) is 3.49. The third-order valence-electron chi connectivity index (χ3n) is 5.90. The van der Waals surface area contributed by atoms with Crippen LogP contribution in [0.15, 0.2) is 47.3 Å². The number of carbonyl (C=O) groups is 2. The lowest BCUT2D eigenvalue weighted by atomic mass is 10.1. The first-order valence-corrected chi connectivity index (χ1v) is 11.4. The van der Waals surface area contributed by atoms with Crippen LogP contribution in [0.2, 0.25) is 0 Å². The summed E-state index contributed by atoms with van der Waals surface area (Å²) in [5.74, 6) is 0.639. The summed E-state index contributed by atoms with van der Waals surface area (Å²) in [6.45, 7) is 4.91. The second kappa shape index (κ2) is 10.6. The van der Waals surface area contributed by atoms with Crippen LogP contribution in [0.25, 0.3) is 10.9 Å². The van der Waals surface area contributed by atoms with E-state index in [9.17, 15) is 14.4 Å². The van der Waals surface area contributed by atoms with Crippen LogP contribution in [-0.2, 0) is 17.8 Å². The van der Waals surface area contributed by atoms with Crippen LogP contribution in [0.3, 0.4) is 0 Å². The summed E-state index contributed by atoms with van der Waals surface area (Å²) in [4.78, 5) is 44.5. The third-order valence-corrected chi connectivity index (χ3v) is 5.90. The molecule has 0 radical (unpaired) electrons. The Morgan fingerprint density at radius 3 is 2.50 bits per heavy atom. The van der Waals surface area contributed by atoms with Crippen LogP contribution in [0, 0.1) is 0 Å². The monoisotopic (exact) mass is 463 g/mol. The standard InChI is InChI=1S/C25H29N5O4/c1-17(31)18-6-5-7-19(14-18)26-25(33)27-20-8-9-22-21(15-20)24(32)30(12-13-34-2)23(28-22)16-29-10-3-4-11-29/h5-9,14-15H,3-4,10-13,16H2,1-2H3,(H2,26,27,33). The Balaban J connectivity index is 1.58. The SMILES string of the molecule is COCCn1c(CN2CCCC2)nc2ccc(NC(=O)Nc3cccc(C(C)=O)c3)cc2c1=O. The molecule has 2 aromatic carbocycles. The molecule has 0 bridgehead atoms. The number of anilines is 2. The molecule has 0 aliphatic carbocycles. The zero-order valence-electron chi connectivity index (χ0n) is 19.5. The van der Waals surface area contributed by atoms with Gasteiger partial charge in [0.1, 0.15) is 5.82 Å². The number of benzene rings is 2. The fourth-order valence-electron chi connectivity index (χ4n) is 4.13. The number of carbonyl (C=O) groups excluding carboxylic acids is 2. The van der Waals surface area contributed by atoms with Gasteiger partial charge in [0.05, 0.1) is 30.6 Å². The molecule has 2 heterocycles. The molecule has 0 spiro atoms. The molecule has 1 fully saturated rings. The van der Waals surface area contributed by atoms with E-state index in [1.807, 2.05) is 0 Å². The Kier molecular flexibility index (Phi) is 7.34. The van der Waals surface area contributed by atoms with Crippen molar-refractivity contribution in [1.29, 1.82) is 0 Å². The summed E-state index contributed by atoms with van der Waals surface area (Å²) in [6.07, 6.45) is 2.32.